The minimum absolute atomic E-state index is 0.182. The van der Waals surface area contributed by atoms with Crippen LogP contribution in [0, 0.1) is 5.82 Å². The average Bonchev–Trinajstić information content (AvgIpc) is 2.38. The third-order valence-corrected chi connectivity index (χ3v) is 3.95. The maximum Gasteiger partial charge on any atom is 0.197 e. The lowest BCUT2D eigenvalue weighted by atomic mass is 9.90. The molecular formula is C13H17BrFNO2. The quantitative estimate of drug-likeness (QED) is 0.929. The summed E-state index contributed by atoms with van der Waals surface area (Å²) in [6.07, 6.45) is 2.18. The van der Waals surface area contributed by atoms with Crippen molar-refractivity contribution in [1.29, 1.82) is 0 Å². The number of halogens is 2. The Morgan fingerprint density at radius 1 is 1.33 bits per heavy atom. The summed E-state index contributed by atoms with van der Waals surface area (Å²) in [7, 11) is 3.00. The van der Waals surface area contributed by atoms with Crippen molar-refractivity contribution >= 4 is 15.9 Å². The topological polar surface area (TPSA) is 30.5 Å². The van der Waals surface area contributed by atoms with Crippen LogP contribution in [0.3, 0.4) is 0 Å². The molecule has 1 aliphatic rings. The number of hydrogen-bond donors (Lipinski definition) is 1. The summed E-state index contributed by atoms with van der Waals surface area (Å²) in [5.74, 6) is 0.589. The molecule has 3 nitrogen and oxygen atoms in total. The molecule has 0 aromatic heterocycles. The minimum Gasteiger partial charge on any atom is -0.492 e. The highest BCUT2D eigenvalue weighted by Crippen LogP contribution is 2.44. The third-order valence-electron chi connectivity index (χ3n) is 3.29. The van der Waals surface area contributed by atoms with Crippen molar-refractivity contribution in [3.8, 4) is 11.5 Å². The van der Waals surface area contributed by atoms with E-state index in [0.29, 0.717) is 11.7 Å². The van der Waals surface area contributed by atoms with Gasteiger partial charge in [-0.2, -0.15) is 0 Å². The molecule has 1 aliphatic heterocycles. The Morgan fingerprint density at radius 3 is 2.61 bits per heavy atom. The van der Waals surface area contributed by atoms with Gasteiger partial charge in [0.1, 0.15) is 0 Å². The van der Waals surface area contributed by atoms with Gasteiger partial charge in [-0.15, -0.1) is 0 Å². The lowest BCUT2D eigenvalue weighted by Gasteiger charge is -2.26. The molecule has 5 heteroatoms. The third kappa shape index (κ3) is 2.47. The summed E-state index contributed by atoms with van der Waals surface area (Å²) in [6.45, 7) is 1.92. The molecule has 1 aromatic carbocycles. The van der Waals surface area contributed by atoms with E-state index in [-0.39, 0.29) is 5.75 Å². The molecule has 0 radical (unpaired) electrons. The molecule has 0 aliphatic carbocycles. The second-order valence-electron chi connectivity index (χ2n) is 4.36. The van der Waals surface area contributed by atoms with Crippen LogP contribution in [0.2, 0.25) is 0 Å². The highest BCUT2D eigenvalue weighted by atomic mass is 79.9. The van der Waals surface area contributed by atoms with Gasteiger partial charge in [0.2, 0.25) is 0 Å². The predicted octanol–water partition coefficient (Wildman–Crippen LogP) is 3.07. The lowest BCUT2D eigenvalue weighted by Crippen LogP contribution is -2.28. The first kappa shape index (κ1) is 13.6. The van der Waals surface area contributed by atoms with Crippen molar-refractivity contribution in [3.63, 3.8) is 0 Å². The molecule has 1 atom stereocenters. The molecule has 1 fully saturated rings. The Kier molecular flexibility index (Phi) is 4.45. The number of benzene rings is 1. The largest absolute Gasteiger partial charge is 0.492 e. The van der Waals surface area contributed by atoms with Gasteiger partial charge in [0.25, 0.3) is 0 Å². The van der Waals surface area contributed by atoms with Crippen LogP contribution in [0.1, 0.15) is 24.3 Å². The van der Waals surface area contributed by atoms with E-state index >= 15 is 0 Å². The van der Waals surface area contributed by atoms with E-state index in [1.807, 2.05) is 0 Å². The van der Waals surface area contributed by atoms with E-state index in [9.17, 15) is 4.39 Å². The summed E-state index contributed by atoms with van der Waals surface area (Å²) in [6, 6.07) is 1.45. The van der Waals surface area contributed by atoms with Gasteiger partial charge in [0.15, 0.2) is 17.3 Å². The molecule has 1 saturated heterocycles. The molecule has 1 unspecified atom stereocenters. The Labute approximate surface area is 115 Å². The van der Waals surface area contributed by atoms with Crippen LogP contribution in [-0.2, 0) is 0 Å². The second kappa shape index (κ2) is 5.89. The fourth-order valence-corrected chi connectivity index (χ4v) is 3.17. The molecule has 1 aromatic rings. The molecule has 0 amide bonds. The van der Waals surface area contributed by atoms with Gasteiger partial charge >= 0.3 is 0 Å². The Morgan fingerprint density at radius 2 is 2.06 bits per heavy atom. The molecule has 100 valence electrons. The first-order chi connectivity index (χ1) is 8.69. The summed E-state index contributed by atoms with van der Waals surface area (Å²) >= 11 is 3.43. The van der Waals surface area contributed by atoms with Crippen LogP contribution in [0.5, 0.6) is 11.5 Å². The summed E-state index contributed by atoms with van der Waals surface area (Å²) in [4.78, 5) is 0. The van der Waals surface area contributed by atoms with Crippen molar-refractivity contribution in [2.24, 2.45) is 0 Å². The van der Waals surface area contributed by atoms with E-state index in [4.69, 9.17) is 9.47 Å². The van der Waals surface area contributed by atoms with Crippen LogP contribution in [0.15, 0.2) is 10.5 Å². The number of methoxy groups -OCH3 is 2. The van der Waals surface area contributed by atoms with Crippen LogP contribution in [-0.4, -0.2) is 27.3 Å². The zero-order valence-corrected chi connectivity index (χ0v) is 12.1. The number of rotatable bonds is 3. The first-order valence-corrected chi connectivity index (χ1v) is 6.79. The molecular weight excluding hydrogens is 301 g/mol. The highest BCUT2D eigenvalue weighted by molar-refractivity contribution is 9.10. The SMILES string of the molecule is COc1c(F)cc(Br)c(C2CCCNC2)c1OC. The van der Waals surface area contributed by atoms with E-state index in [1.54, 1.807) is 7.11 Å². The molecule has 0 spiro atoms. The summed E-state index contributed by atoms with van der Waals surface area (Å²) < 4.78 is 25.0. The summed E-state index contributed by atoms with van der Waals surface area (Å²) in [5.41, 5.74) is 0.989. The fourth-order valence-electron chi connectivity index (χ4n) is 2.47. The minimum atomic E-state index is -0.409. The van der Waals surface area contributed by atoms with E-state index in [2.05, 4.69) is 21.2 Å². The van der Waals surface area contributed by atoms with Gasteiger partial charge in [-0.1, -0.05) is 15.9 Å². The van der Waals surface area contributed by atoms with Gasteiger partial charge in [-0.3, -0.25) is 0 Å². The standard InChI is InChI=1S/C13H17BrFNO2/c1-17-12-10(15)6-9(14)11(13(12)18-2)8-4-3-5-16-7-8/h6,8,16H,3-5,7H2,1-2H3. The van der Waals surface area contributed by atoms with Gasteiger partial charge in [-0.05, 0) is 25.5 Å². The predicted molar refractivity (Wildman–Crippen MR) is 72.0 cm³/mol. The van der Waals surface area contributed by atoms with Crippen molar-refractivity contribution in [2.75, 3.05) is 27.3 Å². The molecule has 2 rings (SSSR count). The number of piperidine rings is 1. The molecule has 0 saturated carbocycles. The van der Waals surface area contributed by atoms with Gasteiger partial charge in [-0.25, -0.2) is 4.39 Å². The summed E-state index contributed by atoms with van der Waals surface area (Å²) in [5, 5.41) is 3.35. The van der Waals surface area contributed by atoms with Crippen LogP contribution < -0.4 is 14.8 Å². The molecule has 18 heavy (non-hydrogen) atoms. The Hall–Kier alpha value is -0.810. The zero-order valence-electron chi connectivity index (χ0n) is 10.6. The van der Waals surface area contributed by atoms with Crippen molar-refractivity contribution < 1.29 is 13.9 Å². The van der Waals surface area contributed by atoms with Crippen LogP contribution in [0.4, 0.5) is 4.39 Å². The van der Waals surface area contributed by atoms with Crippen molar-refractivity contribution in [3.05, 3.63) is 21.9 Å². The maximum atomic E-state index is 13.8. The second-order valence-corrected chi connectivity index (χ2v) is 5.22. The fraction of sp³-hybridized carbons (Fsp3) is 0.538. The zero-order chi connectivity index (χ0) is 13.1. The highest BCUT2D eigenvalue weighted by Gasteiger charge is 2.26. The van der Waals surface area contributed by atoms with Gasteiger partial charge < -0.3 is 14.8 Å². The lowest BCUT2D eigenvalue weighted by molar-refractivity contribution is 0.328. The number of hydrogen-bond acceptors (Lipinski definition) is 3. The monoisotopic (exact) mass is 317 g/mol. The molecule has 1 heterocycles. The number of nitrogens with one attached hydrogen (secondary N) is 1. The Balaban J connectivity index is 2.49. The smallest absolute Gasteiger partial charge is 0.197 e. The molecule has 0 bridgehead atoms. The van der Waals surface area contributed by atoms with Crippen molar-refractivity contribution in [2.45, 2.75) is 18.8 Å². The first-order valence-electron chi connectivity index (χ1n) is 5.99. The number of ether oxygens (including phenoxy) is 2. The van der Waals surface area contributed by atoms with Gasteiger partial charge in [0.05, 0.1) is 14.2 Å². The van der Waals surface area contributed by atoms with E-state index in [1.165, 1.54) is 13.2 Å². The van der Waals surface area contributed by atoms with Gasteiger partial charge in [0, 0.05) is 22.5 Å². The van der Waals surface area contributed by atoms with E-state index < -0.39 is 5.82 Å². The van der Waals surface area contributed by atoms with E-state index in [0.717, 1.165) is 36.0 Å². The van der Waals surface area contributed by atoms with Crippen LogP contribution >= 0.6 is 15.9 Å². The van der Waals surface area contributed by atoms with Crippen LogP contribution in [0.25, 0.3) is 0 Å². The molecule has 1 N–H and O–H groups in total. The van der Waals surface area contributed by atoms with Crippen molar-refractivity contribution in [1.82, 2.24) is 5.32 Å². The Bertz CT molecular complexity index is 433. The average molecular weight is 318 g/mol. The maximum absolute atomic E-state index is 13.8. The normalized spacial score (nSPS) is 19.7.